The Labute approximate surface area is 52.1 Å². The van der Waals surface area contributed by atoms with E-state index in [1.165, 1.54) is 6.08 Å². The van der Waals surface area contributed by atoms with Crippen molar-refractivity contribution >= 4 is 5.97 Å². The molecule has 0 aliphatic heterocycles. The van der Waals surface area contributed by atoms with Gasteiger partial charge in [0.05, 0.1) is 0 Å². The molecule has 44 valence electrons. The molecule has 0 aliphatic rings. The molecule has 2 nitrogen and oxygen atoms in total. The molecule has 0 fully saturated rings. The van der Waals surface area contributed by atoms with Crippen LogP contribution in [0.1, 0.15) is 6.92 Å². The van der Waals surface area contributed by atoms with Gasteiger partial charge in [-0.05, 0) is 6.92 Å². The van der Waals surface area contributed by atoms with Gasteiger partial charge in [0.1, 0.15) is 0 Å². The fraction of sp³-hybridized carbons (Fsp3) is 0.250. The molecule has 1 N–H and O–H groups in total. The fourth-order valence-corrected chi connectivity index (χ4v) is 0.143. The Kier molecular flexibility index (Phi) is 8.03. The van der Waals surface area contributed by atoms with Crippen molar-refractivity contribution in [3.8, 4) is 0 Å². The van der Waals surface area contributed by atoms with Crippen molar-refractivity contribution in [2.24, 2.45) is 0 Å². The van der Waals surface area contributed by atoms with E-state index in [0.29, 0.717) is 0 Å². The van der Waals surface area contributed by atoms with Gasteiger partial charge in [-0.25, -0.2) is 4.79 Å². The topological polar surface area (TPSA) is 37.3 Å². The van der Waals surface area contributed by atoms with Gasteiger partial charge in [-0.2, -0.15) is 0 Å². The van der Waals surface area contributed by atoms with E-state index in [4.69, 9.17) is 5.11 Å². The first-order valence-corrected chi connectivity index (χ1v) is 1.63. The predicted molar refractivity (Wildman–Crippen MR) is 22.4 cm³/mol. The van der Waals surface area contributed by atoms with Crippen LogP contribution in [0.25, 0.3) is 0 Å². The summed E-state index contributed by atoms with van der Waals surface area (Å²) in [5, 5.41) is 7.83. The molecule has 0 aromatic heterocycles. The van der Waals surface area contributed by atoms with Gasteiger partial charge in [0.2, 0.25) is 0 Å². The van der Waals surface area contributed by atoms with Crippen LogP contribution in [0.4, 0.5) is 0 Å². The van der Waals surface area contributed by atoms with Crippen LogP contribution in [-0.4, -0.2) is 11.1 Å². The smallest absolute Gasteiger partial charge is 0.327 e. The molecule has 7 heavy (non-hydrogen) atoms. The molecule has 0 saturated heterocycles. The van der Waals surface area contributed by atoms with Crippen molar-refractivity contribution in [2.45, 2.75) is 6.92 Å². The third kappa shape index (κ3) is 10.7. The Hall–Kier alpha value is -0.296. The summed E-state index contributed by atoms with van der Waals surface area (Å²) in [5.74, 6) is -0.891. The minimum Gasteiger partial charge on any atom is -0.478 e. The van der Waals surface area contributed by atoms with E-state index in [-0.39, 0.29) is 16.5 Å². The molecule has 0 amide bonds. The largest absolute Gasteiger partial charge is 0.478 e. The summed E-state index contributed by atoms with van der Waals surface area (Å²) in [6, 6.07) is 0. The van der Waals surface area contributed by atoms with Gasteiger partial charge in [0.25, 0.3) is 0 Å². The van der Waals surface area contributed by atoms with Crippen LogP contribution in [-0.2, 0) is 21.3 Å². The number of hydrogen-bond donors (Lipinski definition) is 1. The monoisotopic (exact) mass is 144 g/mol. The molecule has 0 spiro atoms. The number of carboxylic acid groups (broad SMARTS) is 1. The molecule has 0 aromatic carbocycles. The van der Waals surface area contributed by atoms with Crippen LogP contribution >= 0.6 is 0 Å². The Morgan fingerprint density at radius 3 is 2.14 bits per heavy atom. The maximum absolute atomic E-state index is 9.51. The maximum Gasteiger partial charge on any atom is 0.327 e. The van der Waals surface area contributed by atoms with E-state index in [1.54, 1.807) is 6.92 Å². The molecule has 0 rings (SSSR count). The van der Waals surface area contributed by atoms with Gasteiger partial charge < -0.3 is 5.11 Å². The van der Waals surface area contributed by atoms with Gasteiger partial charge in [-0.1, -0.05) is 6.08 Å². The molecule has 0 heterocycles. The second kappa shape index (κ2) is 5.70. The van der Waals surface area contributed by atoms with Gasteiger partial charge in [-0.3, -0.25) is 0 Å². The molecule has 0 atom stereocenters. The van der Waals surface area contributed by atoms with Crippen molar-refractivity contribution in [1.82, 2.24) is 0 Å². The third-order valence-corrected chi connectivity index (χ3v) is 0.309. The number of aliphatic carboxylic acids is 1. The van der Waals surface area contributed by atoms with E-state index in [9.17, 15) is 4.79 Å². The molecule has 0 aliphatic carbocycles. The van der Waals surface area contributed by atoms with E-state index in [1.807, 2.05) is 0 Å². The summed E-state index contributed by atoms with van der Waals surface area (Å²) in [6.07, 6.45) is 2.56. The van der Waals surface area contributed by atoms with Crippen LogP contribution in [0, 0.1) is 0 Å². The number of rotatable bonds is 1. The Morgan fingerprint density at radius 1 is 1.71 bits per heavy atom. The Balaban J connectivity index is 0. The molecular weight excluding hydrogens is 139 g/mol. The zero-order valence-electron chi connectivity index (χ0n) is 3.83. The minimum atomic E-state index is -0.891. The Morgan fingerprint density at radius 2 is 2.14 bits per heavy atom. The van der Waals surface area contributed by atoms with Crippen LogP contribution in [0.3, 0.4) is 0 Å². The molecule has 3 heteroatoms. The second-order valence-electron chi connectivity index (χ2n) is 0.838. The molecule has 0 saturated carbocycles. The SMILES string of the molecule is CC=CC(=O)O.[Ni]. The van der Waals surface area contributed by atoms with Gasteiger partial charge in [0.15, 0.2) is 0 Å². The number of hydrogen-bond acceptors (Lipinski definition) is 1. The molecule has 0 bridgehead atoms. The molecule has 0 aromatic rings. The quantitative estimate of drug-likeness (QED) is 0.434. The normalized spacial score (nSPS) is 8.14. The van der Waals surface area contributed by atoms with Crippen LogP contribution < -0.4 is 0 Å². The van der Waals surface area contributed by atoms with E-state index < -0.39 is 5.97 Å². The van der Waals surface area contributed by atoms with Crippen LogP contribution in [0.2, 0.25) is 0 Å². The third-order valence-electron chi connectivity index (χ3n) is 0.309. The zero-order valence-corrected chi connectivity index (χ0v) is 4.81. The first kappa shape index (κ1) is 9.86. The van der Waals surface area contributed by atoms with E-state index >= 15 is 0 Å². The van der Waals surface area contributed by atoms with Gasteiger partial charge in [0, 0.05) is 22.6 Å². The molecule has 0 unspecified atom stereocenters. The first-order chi connectivity index (χ1) is 2.77. The number of carboxylic acids is 1. The van der Waals surface area contributed by atoms with E-state index in [0.717, 1.165) is 6.08 Å². The van der Waals surface area contributed by atoms with Crippen molar-refractivity contribution in [3.05, 3.63) is 12.2 Å². The molecule has 0 radical (unpaired) electrons. The second-order valence-corrected chi connectivity index (χ2v) is 0.838. The van der Waals surface area contributed by atoms with Crippen LogP contribution in [0.5, 0.6) is 0 Å². The summed E-state index contributed by atoms with van der Waals surface area (Å²) in [5.41, 5.74) is 0. The van der Waals surface area contributed by atoms with Gasteiger partial charge >= 0.3 is 5.97 Å². The first-order valence-electron chi connectivity index (χ1n) is 1.63. The summed E-state index contributed by atoms with van der Waals surface area (Å²) >= 11 is 0. The summed E-state index contributed by atoms with van der Waals surface area (Å²) < 4.78 is 0. The summed E-state index contributed by atoms with van der Waals surface area (Å²) in [6.45, 7) is 1.66. The zero-order chi connectivity index (χ0) is 4.99. The average Bonchev–Trinajstić information content (AvgIpc) is 1.35. The van der Waals surface area contributed by atoms with E-state index in [2.05, 4.69) is 0 Å². The standard InChI is InChI=1S/C4H6O2.Ni/c1-2-3-4(5)6;/h2-3H,1H3,(H,5,6);. The summed E-state index contributed by atoms with van der Waals surface area (Å²) in [7, 11) is 0. The van der Waals surface area contributed by atoms with Crippen molar-refractivity contribution < 1.29 is 26.4 Å². The minimum absolute atomic E-state index is 0. The van der Waals surface area contributed by atoms with Crippen molar-refractivity contribution in [2.75, 3.05) is 0 Å². The maximum atomic E-state index is 9.51. The van der Waals surface area contributed by atoms with Crippen molar-refractivity contribution in [1.29, 1.82) is 0 Å². The predicted octanol–water partition coefficient (Wildman–Crippen LogP) is 0.645. The van der Waals surface area contributed by atoms with Crippen molar-refractivity contribution in [3.63, 3.8) is 0 Å². The number of allylic oxidation sites excluding steroid dienone is 1. The van der Waals surface area contributed by atoms with Crippen LogP contribution in [0.15, 0.2) is 12.2 Å². The Bertz CT molecular complexity index is 77.8. The fourth-order valence-electron chi connectivity index (χ4n) is 0.143. The molecular formula is C4H6NiO2. The van der Waals surface area contributed by atoms with Gasteiger partial charge in [-0.15, -0.1) is 0 Å². The average molecular weight is 145 g/mol. The number of carbonyl (C=O) groups is 1. The summed E-state index contributed by atoms with van der Waals surface area (Å²) in [4.78, 5) is 9.51.